The Kier molecular flexibility index (Phi) is 6.44. The van der Waals surface area contributed by atoms with E-state index in [2.05, 4.69) is 12.1 Å². The van der Waals surface area contributed by atoms with E-state index in [-0.39, 0.29) is 11.9 Å². The van der Waals surface area contributed by atoms with E-state index in [0.29, 0.717) is 22.0 Å². The maximum absolute atomic E-state index is 13.8. The van der Waals surface area contributed by atoms with E-state index in [9.17, 15) is 4.79 Å². The molecule has 0 radical (unpaired) electrons. The number of carbonyl (C=O) groups is 1. The molecule has 2 heterocycles. The summed E-state index contributed by atoms with van der Waals surface area (Å²) in [6, 6.07) is 32.4. The summed E-state index contributed by atoms with van der Waals surface area (Å²) in [6.07, 6.45) is 0.497. The summed E-state index contributed by atoms with van der Waals surface area (Å²) in [5, 5.41) is 8.72. The number of benzene rings is 4. The summed E-state index contributed by atoms with van der Waals surface area (Å²) in [6.45, 7) is 1.99. The minimum Gasteiger partial charge on any atom is -0.267 e. The third-order valence-corrected chi connectivity index (χ3v) is 7.46. The number of hydrogen-bond donors (Lipinski definition) is 0. The molecule has 0 N–H and O–H groups in total. The SMILES string of the molecule is Cc1nc2ccc(Cl)cc2c(-c2ccccc2)c1C1=NN(C(=O)c2ccccc2)[C@H](c2ccccc2Cl)C1. The van der Waals surface area contributed by atoms with Gasteiger partial charge in [-0.3, -0.25) is 9.78 Å². The lowest BCUT2D eigenvalue weighted by Crippen LogP contribution is -2.27. The largest absolute Gasteiger partial charge is 0.274 e. The van der Waals surface area contributed by atoms with E-state index < -0.39 is 0 Å². The highest BCUT2D eigenvalue weighted by Crippen LogP contribution is 2.41. The number of amides is 1. The van der Waals surface area contributed by atoms with Gasteiger partial charge in [0, 0.05) is 44.2 Å². The fourth-order valence-electron chi connectivity index (χ4n) is 5.17. The molecule has 1 aromatic heterocycles. The smallest absolute Gasteiger partial charge is 0.267 e. The van der Waals surface area contributed by atoms with Crippen molar-refractivity contribution in [2.45, 2.75) is 19.4 Å². The molecule has 0 aliphatic carbocycles. The summed E-state index contributed by atoms with van der Waals surface area (Å²) in [5.74, 6) is -0.179. The number of halogens is 2. The van der Waals surface area contributed by atoms with E-state index in [0.717, 1.165) is 44.6 Å². The molecule has 4 aromatic carbocycles. The van der Waals surface area contributed by atoms with Crippen LogP contribution in [0.4, 0.5) is 0 Å². The molecule has 6 rings (SSSR count). The first-order valence-electron chi connectivity index (χ1n) is 12.4. The third-order valence-electron chi connectivity index (χ3n) is 6.88. The summed E-state index contributed by atoms with van der Waals surface area (Å²) >= 11 is 13.1. The summed E-state index contributed by atoms with van der Waals surface area (Å²) in [5.41, 5.74) is 6.84. The number of aromatic nitrogens is 1. The van der Waals surface area contributed by atoms with Crippen molar-refractivity contribution in [3.05, 3.63) is 136 Å². The Balaban J connectivity index is 1.58. The lowest BCUT2D eigenvalue weighted by atomic mass is 9.89. The average molecular weight is 536 g/mol. The van der Waals surface area contributed by atoms with Crippen LogP contribution in [0.3, 0.4) is 0 Å². The van der Waals surface area contributed by atoms with Gasteiger partial charge in [-0.15, -0.1) is 0 Å². The zero-order chi connectivity index (χ0) is 26.2. The van der Waals surface area contributed by atoms with Gasteiger partial charge in [0.05, 0.1) is 17.3 Å². The Bertz CT molecular complexity index is 1700. The van der Waals surface area contributed by atoms with Crippen LogP contribution in [0.2, 0.25) is 10.0 Å². The molecule has 1 amide bonds. The Hall–Kier alpha value is -3.99. The molecule has 0 saturated heterocycles. The fraction of sp³-hybridized carbons (Fsp3) is 0.0938. The van der Waals surface area contributed by atoms with Gasteiger partial charge in [-0.1, -0.05) is 89.9 Å². The highest BCUT2D eigenvalue weighted by molar-refractivity contribution is 6.32. The van der Waals surface area contributed by atoms with Gasteiger partial charge in [0.15, 0.2) is 0 Å². The van der Waals surface area contributed by atoms with Crippen molar-refractivity contribution in [1.29, 1.82) is 0 Å². The van der Waals surface area contributed by atoms with E-state index in [4.69, 9.17) is 33.3 Å². The van der Waals surface area contributed by atoms with Gasteiger partial charge < -0.3 is 0 Å². The zero-order valence-corrected chi connectivity index (χ0v) is 22.1. The van der Waals surface area contributed by atoms with Crippen molar-refractivity contribution in [1.82, 2.24) is 9.99 Å². The predicted molar refractivity (Wildman–Crippen MR) is 155 cm³/mol. The number of hydrazone groups is 1. The number of aryl methyl sites for hydroxylation is 1. The molecule has 6 heteroatoms. The average Bonchev–Trinajstić information content (AvgIpc) is 3.38. The van der Waals surface area contributed by atoms with Crippen molar-refractivity contribution in [3.8, 4) is 11.1 Å². The molecule has 1 atom stereocenters. The van der Waals surface area contributed by atoms with Gasteiger partial charge in [0.25, 0.3) is 5.91 Å². The van der Waals surface area contributed by atoms with Crippen LogP contribution in [0.1, 0.15) is 39.6 Å². The second-order valence-corrected chi connectivity index (χ2v) is 10.1. The zero-order valence-electron chi connectivity index (χ0n) is 20.6. The van der Waals surface area contributed by atoms with Crippen LogP contribution >= 0.6 is 23.2 Å². The van der Waals surface area contributed by atoms with E-state index in [1.807, 2.05) is 85.8 Å². The molecule has 1 aliphatic heterocycles. The first-order chi connectivity index (χ1) is 18.5. The molecule has 4 nitrogen and oxygen atoms in total. The minimum absolute atomic E-state index is 0.179. The number of pyridine rings is 1. The first kappa shape index (κ1) is 24.4. The molecule has 1 aliphatic rings. The lowest BCUT2D eigenvalue weighted by molar-refractivity contribution is 0.0711. The fourth-order valence-corrected chi connectivity index (χ4v) is 5.60. The molecule has 0 spiro atoms. The summed E-state index contributed by atoms with van der Waals surface area (Å²) in [7, 11) is 0. The van der Waals surface area contributed by atoms with Crippen molar-refractivity contribution in [3.63, 3.8) is 0 Å². The third kappa shape index (κ3) is 4.36. The standard InChI is InChI=1S/C32H23Cl2N3O/c1-20-30(31(21-10-4-2-5-11-21)25-18-23(33)16-17-27(25)35-20)28-19-29(24-14-8-9-15-26(24)34)37(36-28)32(38)22-12-6-3-7-13-22/h2-18,29H,19H2,1H3/t29-/m0/s1. The maximum Gasteiger partial charge on any atom is 0.274 e. The normalized spacial score (nSPS) is 15.1. The van der Waals surface area contributed by atoms with Gasteiger partial charge in [0.1, 0.15) is 0 Å². The first-order valence-corrected chi connectivity index (χ1v) is 13.1. The Morgan fingerprint density at radius 1 is 0.842 bits per heavy atom. The number of nitrogens with zero attached hydrogens (tertiary/aromatic N) is 3. The van der Waals surface area contributed by atoms with Crippen LogP contribution < -0.4 is 0 Å². The molecule has 0 saturated carbocycles. The highest BCUT2D eigenvalue weighted by Gasteiger charge is 2.36. The van der Waals surface area contributed by atoms with Crippen molar-refractivity contribution < 1.29 is 4.79 Å². The molecule has 5 aromatic rings. The molecule has 0 unspecified atom stereocenters. The number of hydrogen-bond acceptors (Lipinski definition) is 3. The van der Waals surface area contributed by atoms with Crippen molar-refractivity contribution >= 4 is 45.7 Å². The molecular formula is C32H23Cl2N3O. The van der Waals surface area contributed by atoms with Crippen LogP contribution in [0.25, 0.3) is 22.0 Å². The van der Waals surface area contributed by atoms with Gasteiger partial charge >= 0.3 is 0 Å². The summed E-state index contributed by atoms with van der Waals surface area (Å²) in [4.78, 5) is 18.7. The van der Waals surface area contributed by atoms with Crippen molar-refractivity contribution in [2.24, 2.45) is 5.10 Å². The number of rotatable bonds is 4. The monoisotopic (exact) mass is 535 g/mol. The highest BCUT2D eigenvalue weighted by atomic mass is 35.5. The Morgan fingerprint density at radius 2 is 1.53 bits per heavy atom. The molecule has 0 bridgehead atoms. The number of carbonyl (C=O) groups excluding carboxylic acids is 1. The van der Waals surface area contributed by atoms with E-state index in [1.54, 1.807) is 17.1 Å². The Morgan fingerprint density at radius 3 is 2.26 bits per heavy atom. The lowest BCUT2D eigenvalue weighted by Gasteiger charge is -2.23. The van der Waals surface area contributed by atoms with Crippen LogP contribution in [0, 0.1) is 6.92 Å². The molecule has 186 valence electrons. The van der Waals surface area contributed by atoms with Crippen LogP contribution in [-0.4, -0.2) is 21.6 Å². The van der Waals surface area contributed by atoms with Crippen LogP contribution in [0.15, 0.2) is 108 Å². The number of fused-ring (bicyclic) bond motifs is 1. The van der Waals surface area contributed by atoms with Gasteiger partial charge in [-0.05, 0) is 54.4 Å². The van der Waals surface area contributed by atoms with E-state index >= 15 is 0 Å². The topological polar surface area (TPSA) is 45.6 Å². The van der Waals surface area contributed by atoms with Gasteiger partial charge in [-0.2, -0.15) is 5.10 Å². The second kappa shape index (κ2) is 10.1. The van der Waals surface area contributed by atoms with E-state index in [1.165, 1.54) is 0 Å². The van der Waals surface area contributed by atoms with Gasteiger partial charge in [-0.25, -0.2) is 5.01 Å². The summed E-state index contributed by atoms with van der Waals surface area (Å²) < 4.78 is 0. The predicted octanol–water partition coefficient (Wildman–Crippen LogP) is 8.51. The second-order valence-electron chi connectivity index (χ2n) is 9.28. The van der Waals surface area contributed by atoms with Crippen LogP contribution in [0.5, 0.6) is 0 Å². The molecule has 0 fully saturated rings. The van der Waals surface area contributed by atoms with Crippen molar-refractivity contribution in [2.75, 3.05) is 0 Å². The Labute approximate surface area is 231 Å². The quantitative estimate of drug-likeness (QED) is 0.231. The van der Waals surface area contributed by atoms with Gasteiger partial charge in [0.2, 0.25) is 0 Å². The van der Waals surface area contributed by atoms with Crippen LogP contribution in [-0.2, 0) is 0 Å². The minimum atomic E-state index is -0.357. The molecule has 38 heavy (non-hydrogen) atoms. The maximum atomic E-state index is 13.8. The molecular weight excluding hydrogens is 513 g/mol.